The quantitative estimate of drug-likeness (QED) is 0.252. The maximum absolute atomic E-state index is 14.5. The van der Waals surface area contributed by atoms with Gasteiger partial charge in [-0.1, -0.05) is 24.3 Å². The van der Waals surface area contributed by atoms with Crippen LogP contribution in [0.4, 0.5) is 10.1 Å². The molecule has 1 atom stereocenters. The average Bonchev–Trinajstić information content (AvgIpc) is 2.82. The third-order valence-electron chi connectivity index (χ3n) is 5.04. The Kier molecular flexibility index (Phi) is 6.09. The van der Waals surface area contributed by atoms with Crippen LogP contribution < -0.4 is 19.9 Å². The van der Waals surface area contributed by atoms with Gasteiger partial charge in [0.2, 0.25) is 5.88 Å². The van der Waals surface area contributed by atoms with E-state index in [-0.39, 0.29) is 40.0 Å². The normalized spacial score (nSPS) is 14.4. The Labute approximate surface area is 192 Å². The lowest BCUT2D eigenvalue weighted by molar-refractivity contribution is -0.384. The first-order valence-corrected chi connectivity index (χ1v) is 9.91. The number of carbonyl (C=O) groups is 1. The van der Waals surface area contributed by atoms with Crippen molar-refractivity contribution in [2.45, 2.75) is 5.92 Å². The number of nitro groups is 1. The molecule has 0 saturated heterocycles. The van der Waals surface area contributed by atoms with Gasteiger partial charge < -0.3 is 19.9 Å². The Morgan fingerprint density at radius 1 is 1.12 bits per heavy atom. The standard InChI is InChI=1S/C24H16FN3O6/c25-20-4-2-1-3-17(20)23-18-10-9-16(11-21(18)34-24(27)19(23)12-26)33-22(29)13-32-15-7-5-14(6-8-15)28(30)31/h1-11,23H,13,27H2. The fraction of sp³-hybridized carbons (Fsp3) is 0.0833. The summed E-state index contributed by atoms with van der Waals surface area (Å²) >= 11 is 0. The first kappa shape index (κ1) is 22.3. The first-order valence-electron chi connectivity index (χ1n) is 9.91. The predicted molar refractivity (Wildman–Crippen MR) is 116 cm³/mol. The topological polar surface area (TPSA) is 138 Å². The van der Waals surface area contributed by atoms with Crippen LogP contribution in [0.25, 0.3) is 0 Å². The van der Waals surface area contributed by atoms with Crippen molar-refractivity contribution in [1.29, 1.82) is 5.26 Å². The molecule has 0 fully saturated rings. The molecule has 10 heteroatoms. The smallest absolute Gasteiger partial charge is 0.349 e. The van der Waals surface area contributed by atoms with Gasteiger partial charge >= 0.3 is 5.97 Å². The minimum absolute atomic E-state index is 0.0684. The highest BCUT2D eigenvalue weighted by atomic mass is 19.1. The molecular formula is C24H16FN3O6. The summed E-state index contributed by atoms with van der Waals surface area (Å²) in [6.45, 7) is -0.450. The summed E-state index contributed by atoms with van der Waals surface area (Å²) in [6, 6.07) is 17.7. The third-order valence-corrected chi connectivity index (χ3v) is 5.04. The van der Waals surface area contributed by atoms with E-state index < -0.39 is 29.2 Å². The van der Waals surface area contributed by atoms with Crippen LogP contribution in [0.15, 0.2) is 78.2 Å². The van der Waals surface area contributed by atoms with Gasteiger partial charge in [-0.15, -0.1) is 0 Å². The molecule has 34 heavy (non-hydrogen) atoms. The van der Waals surface area contributed by atoms with Crippen LogP contribution >= 0.6 is 0 Å². The van der Waals surface area contributed by atoms with E-state index in [4.69, 9.17) is 19.9 Å². The molecule has 3 aromatic rings. The number of ether oxygens (including phenoxy) is 3. The Morgan fingerprint density at radius 2 is 1.82 bits per heavy atom. The van der Waals surface area contributed by atoms with Gasteiger partial charge in [0, 0.05) is 29.3 Å². The Morgan fingerprint density at radius 3 is 2.50 bits per heavy atom. The van der Waals surface area contributed by atoms with Crippen molar-refractivity contribution >= 4 is 11.7 Å². The SMILES string of the molecule is N#CC1=C(N)Oc2cc(OC(=O)COc3ccc([N+](=O)[O-])cc3)ccc2C1c1ccccc1F. The summed E-state index contributed by atoms with van der Waals surface area (Å²) < 4.78 is 30.6. The summed E-state index contributed by atoms with van der Waals surface area (Å²) in [4.78, 5) is 22.3. The maximum atomic E-state index is 14.5. The van der Waals surface area contributed by atoms with E-state index in [1.807, 2.05) is 6.07 Å². The van der Waals surface area contributed by atoms with Gasteiger partial charge in [0.25, 0.3) is 5.69 Å². The summed E-state index contributed by atoms with van der Waals surface area (Å²) in [5.74, 6) is -1.60. The molecule has 1 aliphatic rings. The van der Waals surface area contributed by atoms with Gasteiger partial charge in [-0.2, -0.15) is 5.26 Å². The number of non-ortho nitro benzene ring substituents is 1. The summed E-state index contributed by atoms with van der Waals surface area (Å²) in [5, 5.41) is 20.3. The number of allylic oxidation sites excluding steroid dienone is 1. The highest BCUT2D eigenvalue weighted by molar-refractivity contribution is 5.74. The van der Waals surface area contributed by atoms with E-state index in [0.717, 1.165) is 0 Å². The van der Waals surface area contributed by atoms with E-state index in [9.17, 15) is 24.6 Å². The van der Waals surface area contributed by atoms with Crippen molar-refractivity contribution in [3.05, 3.63) is 105 Å². The number of nitrogens with zero attached hydrogens (tertiary/aromatic N) is 2. The molecule has 1 heterocycles. The summed E-state index contributed by atoms with van der Waals surface area (Å²) in [7, 11) is 0. The second-order valence-corrected chi connectivity index (χ2v) is 7.16. The van der Waals surface area contributed by atoms with Crippen LogP contribution in [0.1, 0.15) is 17.0 Å². The highest BCUT2D eigenvalue weighted by Crippen LogP contribution is 2.44. The number of halogens is 1. The molecule has 0 saturated carbocycles. The van der Waals surface area contributed by atoms with E-state index in [2.05, 4.69) is 0 Å². The molecule has 9 nitrogen and oxygen atoms in total. The number of esters is 1. The highest BCUT2D eigenvalue weighted by Gasteiger charge is 2.32. The molecule has 1 aliphatic heterocycles. The molecule has 4 rings (SSSR count). The van der Waals surface area contributed by atoms with E-state index in [1.54, 1.807) is 24.3 Å². The largest absolute Gasteiger partial charge is 0.482 e. The summed E-state index contributed by atoms with van der Waals surface area (Å²) in [5.41, 5.74) is 6.62. The van der Waals surface area contributed by atoms with Crippen molar-refractivity contribution in [1.82, 2.24) is 0 Å². The molecule has 0 aliphatic carbocycles. The molecule has 170 valence electrons. The van der Waals surface area contributed by atoms with Crippen molar-refractivity contribution in [2.75, 3.05) is 6.61 Å². The van der Waals surface area contributed by atoms with Crippen LogP contribution in [0, 0.1) is 27.3 Å². The van der Waals surface area contributed by atoms with Crippen LogP contribution in [0.3, 0.4) is 0 Å². The molecule has 0 aromatic heterocycles. The number of nitriles is 1. The van der Waals surface area contributed by atoms with E-state index in [1.165, 1.54) is 42.5 Å². The first-order chi connectivity index (χ1) is 16.4. The molecular weight excluding hydrogens is 445 g/mol. The van der Waals surface area contributed by atoms with Gasteiger partial charge in [0.15, 0.2) is 6.61 Å². The number of nitrogens with two attached hydrogens (primary N) is 1. The van der Waals surface area contributed by atoms with Gasteiger partial charge in [0.1, 0.15) is 34.7 Å². The molecule has 0 amide bonds. The molecule has 1 unspecified atom stereocenters. The number of carbonyl (C=O) groups excluding carboxylic acids is 1. The fourth-order valence-electron chi connectivity index (χ4n) is 3.50. The van der Waals surface area contributed by atoms with Crippen LogP contribution in [-0.2, 0) is 4.79 Å². The lowest BCUT2D eigenvalue weighted by Crippen LogP contribution is -2.22. The molecule has 0 radical (unpaired) electrons. The maximum Gasteiger partial charge on any atom is 0.349 e. The fourth-order valence-corrected chi connectivity index (χ4v) is 3.50. The average molecular weight is 461 g/mol. The minimum atomic E-state index is -0.787. The zero-order chi connectivity index (χ0) is 24.2. The van der Waals surface area contributed by atoms with E-state index in [0.29, 0.717) is 5.56 Å². The Hall–Kier alpha value is -4.91. The minimum Gasteiger partial charge on any atom is -0.482 e. The van der Waals surface area contributed by atoms with Crippen LogP contribution in [0.5, 0.6) is 17.2 Å². The summed E-state index contributed by atoms with van der Waals surface area (Å²) in [6.07, 6.45) is 0. The number of rotatable bonds is 6. The number of benzene rings is 3. The van der Waals surface area contributed by atoms with Gasteiger partial charge in [-0.05, 0) is 24.3 Å². The van der Waals surface area contributed by atoms with Crippen LogP contribution in [-0.4, -0.2) is 17.5 Å². The lowest BCUT2D eigenvalue weighted by atomic mass is 9.83. The van der Waals surface area contributed by atoms with Gasteiger partial charge in [0.05, 0.1) is 10.8 Å². The molecule has 0 bridgehead atoms. The second-order valence-electron chi connectivity index (χ2n) is 7.16. The number of hydrogen-bond acceptors (Lipinski definition) is 8. The van der Waals surface area contributed by atoms with Crippen molar-refractivity contribution in [3.8, 4) is 23.3 Å². The Balaban J connectivity index is 1.51. The van der Waals surface area contributed by atoms with Gasteiger partial charge in [-0.3, -0.25) is 10.1 Å². The lowest BCUT2D eigenvalue weighted by Gasteiger charge is -2.27. The Bertz CT molecular complexity index is 1350. The van der Waals surface area contributed by atoms with Crippen molar-refractivity contribution < 1.29 is 28.3 Å². The molecule has 2 N–H and O–H groups in total. The number of hydrogen-bond donors (Lipinski definition) is 1. The predicted octanol–water partition coefficient (Wildman–Crippen LogP) is 3.94. The zero-order valence-corrected chi connectivity index (χ0v) is 17.4. The monoisotopic (exact) mass is 461 g/mol. The van der Waals surface area contributed by atoms with Gasteiger partial charge in [-0.25, -0.2) is 9.18 Å². The zero-order valence-electron chi connectivity index (χ0n) is 17.4. The number of nitro benzene ring substituents is 1. The number of fused-ring (bicyclic) bond motifs is 1. The third kappa shape index (κ3) is 4.49. The molecule has 0 spiro atoms. The van der Waals surface area contributed by atoms with Crippen LogP contribution in [0.2, 0.25) is 0 Å². The van der Waals surface area contributed by atoms with E-state index >= 15 is 0 Å². The molecule has 3 aromatic carbocycles. The van der Waals surface area contributed by atoms with Crippen molar-refractivity contribution in [3.63, 3.8) is 0 Å². The second kappa shape index (κ2) is 9.30. The van der Waals surface area contributed by atoms with Crippen molar-refractivity contribution in [2.24, 2.45) is 5.73 Å².